The van der Waals surface area contributed by atoms with Gasteiger partial charge in [-0.1, -0.05) is 54.6 Å². The maximum Gasteiger partial charge on any atom is 0.414 e. The summed E-state index contributed by atoms with van der Waals surface area (Å²) in [6.45, 7) is 0.815. The molecule has 32 heavy (non-hydrogen) atoms. The Hall–Kier alpha value is -3.84. The average molecular weight is 434 g/mol. The molecular formula is C25H27N3O4. The minimum Gasteiger partial charge on any atom is -0.453 e. The Morgan fingerprint density at radius 1 is 0.875 bits per heavy atom. The first-order chi connectivity index (χ1) is 15.5. The zero-order chi connectivity index (χ0) is 22.9. The molecule has 0 saturated carbocycles. The first-order valence-electron chi connectivity index (χ1n) is 10.2. The van der Waals surface area contributed by atoms with Crippen LogP contribution in [0.3, 0.4) is 0 Å². The van der Waals surface area contributed by atoms with Crippen LogP contribution in [-0.4, -0.2) is 33.0 Å². The number of nitrogens with zero attached hydrogens (tertiary/aromatic N) is 1. The summed E-state index contributed by atoms with van der Waals surface area (Å²) in [4.78, 5) is 25.3. The first-order valence-corrected chi connectivity index (χ1v) is 10.2. The molecule has 1 atom stereocenters. The van der Waals surface area contributed by atoms with E-state index in [1.54, 1.807) is 4.90 Å². The molecular weight excluding hydrogens is 406 g/mol. The zero-order valence-corrected chi connectivity index (χ0v) is 18.2. The third-order valence-corrected chi connectivity index (χ3v) is 5.17. The number of hydrogen-bond acceptors (Lipinski definition) is 5. The minimum absolute atomic E-state index is 0.0306. The van der Waals surface area contributed by atoms with Gasteiger partial charge in [0, 0.05) is 23.8 Å². The highest BCUT2D eigenvalue weighted by molar-refractivity contribution is 5.87. The van der Waals surface area contributed by atoms with Crippen LogP contribution in [-0.2, 0) is 16.0 Å². The van der Waals surface area contributed by atoms with Gasteiger partial charge in [0.05, 0.1) is 20.8 Å². The molecule has 0 heterocycles. The van der Waals surface area contributed by atoms with Gasteiger partial charge >= 0.3 is 12.2 Å². The molecule has 2 amide bonds. The lowest BCUT2D eigenvalue weighted by Crippen LogP contribution is -2.30. The van der Waals surface area contributed by atoms with E-state index in [1.165, 1.54) is 14.2 Å². The molecule has 3 N–H and O–H groups in total. The predicted molar refractivity (Wildman–Crippen MR) is 125 cm³/mol. The summed E-state index contributed by atoms with van der Waals surface area (Å²) in [5.41, 5.74) is 10.5. The van der Waals surface area contributed by atoms with Crippen LogP contribution in [0.25, 0.3) is 0 Å². The number of benzene rings is 3. The first kappa shape index (κ1) is 22.8. The lowest BCUT2D eigenvalue weighted by atomic mass is 9.91. The van der Waals surface area contributed by atoms with Gasteiger partial charge in [0.25, 0.3) is 0 Å². The van der Waals surface area contributed by atoms with Crippen molar-refractivity contribution in [1.82, 2.24) is 0 Å². The van der Waals surface area contributed by atoms with E-state index in [2.05, 4.69) is 10.1 Å². The number of amides is 2. The van der Waals surface area contributed by atoms with Crippen LogP contribution in [0, 0.1) is 0 Å². The summed E-state index contributed by atoms with van der Waals surface area (Å²) in [6.07, 6.45) is -0.944. The maximum absolute atomic E-state index is 12.4. The normalized spacial score (nSPS) is 11.3. The van der Waals surface area contributed by atoms with Crippen molar-refractivity contribution in [3.63, 3.8) is 0 Å². The summed E-state index contributed by atoms with van der Waals surface area (Å²) in [5.74, 6) is -0.0306. The van der Waals surface area contributed by atoms with Crippen LogP contribution in [0.2, 0.25) is 0 Å². The van der Waals surface area contributed by atoms with E-state index in [9.17, 15) is 9.59 Å². The largest absolute Gasteiger partial charge is 0.453 e. The highest BCUT2D eigenvalue weighted by atomic mass is 16.5. The molecule has 0 saturated heterocycles. The van der Waals surface area contributed by atoms with Gasteiger partial charge in [-0.05, 0) is 41.0 Å². The van der Waals surface area contributed by atoms with Crippen LogP contribution in [0.4, 0.5) is 21.0 Å². The van der Waals surface area contributed by atoms with Crippen molar-refractivity contribution in [3.05, 3.63) is 95.6 Å². The van der Waals surface area contributed by atoms with E-state index >= 15 is 0 Å². The van der Waals surface area contributed by atoms with Crippen molar-refractivity contribution < 1.29 is 19.1 Å². The molecule has 7 nitrogen and oxygen atoms in total. The van der Waals surface area contributed by atoms with Gasteiger partial charge in [0.1, 0.15) is 0 Å². The van der Waals surface area contributed by atoms with Crippen molar-refractivity contribution in [2.24, 2.45) is 5.73 Å². The summed E-state index contributed by atoms with van der Waals surface area (Å²) in [6, 6.07) is 24.9. The number of nitrogens with two attached hydrogens (primary N) is 1. The van der Waals surface area contributed by atoms with Crippen LogP contribution in [0.15, 0.2) is 78.9 Å². The quantitative estimate of drug-likeness (QED) is 0.562. The maximum atomic E-state index is 12.4. The van der Waals surface area contributed by atoms with Crippen LogP contribution < -0.4 is 16.0 Å². The Kier molecular flexibility index (Phi) is 7.83. The van der Waals surface area contributed by atoms with Gasteiger partial charge in [-0.2, -0.15) is 0 Å². The molecule has 0 fully saturated rings. The van der Waals surface area contributed by atoms with E-state index < -0.39 is 12.2 Å². The monoisotopic (exact) mass is 433 g/mol. The fourth-order valence-corrected chi connectivity index (χ4v) is 3.46. The number of methoxy groups -OCH3 is 2. The highest BCUT2D eigenvalue weighted by Gasteiger charge is 2.18. The number of ether oxygens (including phenoxy) is 2. The molecule has 0 radical (unpaired) electrons. The van der Waals surface area contributed by atoms with E-state index in [0.717, 1.165) is 22.4 Å². The van der Waals surface area contributed by atoms with Crippen molar-refractivity contribution in [2.75, 3.05) is 31.0 Å². The number of anilines is 2. The molecule has 0 bridgehead atoms. The predicted octanol–water partition coefficient (Wildman–Crippen LogP) is 4.73. The zero-order valence-electron chi connectivity index (χ0n) is 18.2. The summed E-state index contributed by atoms with van der Waals surface area (Å²) < 4.78 is 9.59. The second-order valence-electron chi connectivity index (χ2n) is 7.16. The van der Waals surface area contributed by atoms with Crippen molar-refractivity contribution in [2.45, 2.75) is 12.5 Å². The van der Waals surface area contributed by atoms with Crippen LogP contribution in [0.1, 0.15) is 22.6 Å². The fourth-order valence-electron chi connectivity index (χ4n) is 3.46. The molecule has 3 aromatic rings. The molecule has 3 rings (SSSR count). The smallest absolute Gasteiger partial charge is 0.414 e. The highest BCUT2D eigenvalue weighted by Crippen LogP contribution is 2.28. The van der Waals surface area contributed by atoms with E-state index in [1.807, 2.05) is 78.9 Å². The van der Waals surface area contributed by atoms with E-state index in [-0.39, 0.29) is 5.92 Å². The Balaban J connectivity index is 1.79. The minimum atomic E-state index is -0.519. The second-order valence-corrected chi connectivity index (χ2v) is 7.16. The summed E-state index contributed by atoms with van der Waals surface area (Å²) in [7, 11) is 2.69. The van der Waals surface area contributed by atoms with Crippen molar-refractivity contribution in [3.8, 4) is 0 Å². The van der Waals surface area contributed by atoms with Gasteiger partial charge in [0.15, 0.2) is 0 Å². The molecule has 3 aromatic carbocycles. The SMILES string of the molecule is COC(=O)Nc1ccc(C(CN)c2ccc(N(Cc3ccccc3)C(=O)OC)cc2)cc1. The van der Waals surface area contributed by atoms with Crippen molar-refractivity contribution >= 4 is 23.6 Å². The molecule has 0 aliphatic heterocycles. The molecule has 166 valence electrons. The molecule has 0 aliphatic rings. The standard InChI is InChI=1S/C25H27N3O4/c1-31-24(29)27-21-12-8-19(9-13-21)23(16-26)20-10-14-22(15-11-20)28(25(30)32-2)17-18-6-4-3-5-7-18/h3-15,23H,16-17,26H2,1-2H3,(H,27,29). The summed E-state index contributed by atoms with van der Waals surface area (Å²) in [5, 5.41) is 2.63. The van der Waals surface area contributed by atoms with Gasteiger partial charge in [-0.15, -0.1) is 0 Å². The number of hydrogen-bond donors (Lipinski definition) is 2. The number of rotatable bonds is 7. The molecule has 0 aromatic heterocycles. The number of nitrogens with one attached hydrogen (secondary N) is 1. The Bertz CT molecular complexity index is 1020. The Morgan fingerprint density at radius 3 is 2.00 bits per heavy atom. The fraction of sp³-hybridized carbons (Fsp3) is 0.200. The van der Waals surface area contributed by atoms with Crippen molar-refractivity contribution in [1.29, 1.82) is 0 Å². The van der Waals surface area contributed by atoms with Crippen LogP contribution >= 0.6 is 0 Å². The van der Waals surface area contributed by atoms with E-state index in [0.29, 0.717) is 18.8 Å². The molecule has 1 unspecified atom stereocenters. The lowest BCUT2D eigenvalue weighted by Gasteiger charge is -2.23. The number of carbonyl (C=O) groups excluding carboxylic acids is 2. The van der Waals surface area contributed by atoms with Crippen LogP contribution in [0.5, 0.6) is 0 Å². The van der Waals surface area contributed by atoms with Gasteiger partial charge < -0.3 is 15.2 Å². The molecule has 7 heteroatoms. The third-order valence-electron chi connectivity index (χ3n) is 5.17. The third kappa shape index (κ3) is 5.65. The Morgan fingerprint density at radius 2 is 1.47 bits per heavy atom. The van der Waals surface area contributed by atoms with E-state index in [4.69, 9.17) is 10.5 Å². The lowest BCUT2D eigenvalue weighted by molar-refractivity contribution is 0.178. The number of carbonyl (C=O) groups is 2. The summed E-state index contributed by atoms with van der Waals surface area (Å²) >= 11 is 0. The molecule has 0 spiro atoms. The average Bonchev–Trinajstić information content (AvgIpc) is 2.84. The Labute approximate surface area is 187 Å². The van der Waals surface area contributed by atoms with Gasteiger partial charge in [0.2, 0.25) is 0 Å². The topological polar surface area (TPSA) is 93.9 Å². The van der Waals surface area contributed by atoms with Gasteiger partial charge in [-0.25, -0.2) is 9.59 Å². The second kappa shape index (κ2) is 11.0. The molecule has 0 aliphatic carbocycles. The van der Waals surface area contributed by atoms with Gasteiger partial charge in [-0.3, -0.25) is 10.2 Å².